The lowest BCUT2D eigenvalue weighted by molar-refractivity contribution is -0.343. The molecule has 2 heterocycles. The second kappa shape index (κ2) is 25.9. The van der Waals surface area contributed by atoms with Gasteiger partial charge >= 0.3 is 0 Å². The summed E-state index contributed by atoms with van der Waals surface area (Å²) in [5.74, 6) is 0. The van der Waals surface area contributed by atoms with Gasteiger partial charge in [0.25, 0.3) is 0 Å². The van der Waals surface area contributed by atoms with Gasteiger partial charge in [-0.3, -0.25) is 0 Å². The van der Waals surface area contributed by atoms with E-state index in [1.807, 2.05) is 182 Å². The quantitative estimate of drug-likeness (QED) is 0.0581. The zero-order valence-electron chi connectivity index (χ0n) is 38.2. The molecule has 0 unspecified atom stereocenters. The van der Waals surface area contributed by atoms with Gasteiger partial charge in [-0.1, -0.05) is 182 Å². The Kier molecular flexibility index (Phi) is 18.7. The van der Waals surface area contributed by atoms with Crippen molar-refractivity contribution >= 4 is 0 Å². The minimum absolute atomic E-state index is 0.0234. The number of ether oxygens (including phenoxy) is 11. The molecule has 0 aromatic heterocycles. The fourth-order valence-corrected chi connectivity index (χ4v) is 8.45. The van der Waals surface area contributed by atoms with Gasteiger partial charge in [0, 0.05) is 14.2 Å². The molecule has 0 radical (unpaired) electrons. The third kappa shape index (κ3) is 14.0. The first-order chi connectivity index (χ1) is 33.1. The summed E-state index contributed by atoms with van der Waals surface area (Å²) in [6.07, 6.45) is -7.15. The van der Waals surface area contributed by atoms with Crippen molar-refractivity contribution in [1.82, 2.24) is 0 Å². The van der Waals surface area contributed by atoms with Gasteiger partial charge in [0.2, 0.25) is 0 Å². The van der Waals surface area contributed by atoms with E-state index >= 15 is 0 Å². The van der Waals surface area contributed by atoms with Crippen molar-refractivity contribution in [1.29, 1.82) is 0 Å². The summed E-state index contributed by atoms with van der Waals surface area (Å²) in [6, 6.07) is 60.2. The first kappa shape index (κ1) is 48.3. The molecule has 2 aliphatic rings. The van der Waals surface area contributed by atoms with E-state index in [-0.39, 0.29) is 26.4 Å². The third-order valence-corrected chi connectivity index (χ3v) is 11.9. The SMILES string of the molecule is CO[C@H]1O[C@H](COCc2ccccc2)[C@@H](OCc2ccccc2)[C@H](OCc2ccccc2)[C@@H]1OC[C@H]1O[C@H](OC)[C@H](OCc2ccccc2)[C@@H](OCc2ccccc2)[C@@H]1OCc1ccccc1. The summed E-state index contributed by atoms with van der Waals surface area (Å²) in [7, 11) is 3.22. The van der Waals surface area contributed by atoms with Gasteiger partial charge in [-0.05, 0) is 33.4 Å². The van der Waals surface area contributed by atoms with Crippen LogP contribution in [-0.4, -0.2) is 88.8 Å². The number of methoxy groups -OCH3 is 2. The lowest BCUT2D eigenvalue weighted by Crippen LogP contribution is -2.64. The van der Waals surface area contributed by atoms with Crippen LogP contribution in [0, 0.1) is 0 Å². The van der Waals surface area contributed by atoms with Gasteiger partial charge in [-0.15, -0.1) is 0 Å². The minimum Gasteiger partial charge on any atom is -0.374 e. The number of rotatable bonds is 24. The largest absolute Gasteiger partial charge is 0.374 e. The molecule has 6 aromatic carbocycles. The molecule has 11 nitrogen and oxygen atoms in total. The maximum Gasteiger partial charge on any atom is 0.186 e. The lowest BCUT2D eigenvalue weighted by atomic mass is 9.96. The van der Waals surface area contributed by atoms with E-state index in [2.05, 4.69) is 0 Å². The number of hydrogen-bond acceptors (Lipinski definition) is 11. The van der Waals surface area contributed by atoms with E-state index in [1.165, 1.54) is 0 Å². The monoisotopic (exact) mass is 910 g/mol. The Hall–Kier alpha value is -5.12. The van der Waals surface area contributed by atoms with E-state index in [0.717, 1.165) is 33.4 Å². The van der Waals surface area contributed by atoms with Crippen molar-refractivity contribution in [3.05, 3.63) is 215 Å². The second-order valence-corrected chi connectivity index (χ2v) is 16.7. The van der Waals surface area contributed by atoms with Crippen LogP contribution in [0.1, 0.15) is 33.4 Å². The van der Waals surface area contributed by atoms with E-state index in [9.17, 15) is 0 Å². The van der Waals surface area contributed by atoms with Crippen molar-refractivity contribution in [3.8, 4) is 0 Å². The zero-order valence-corrected chi connectivity index (χ0v) is 38.2. The topological polar surface area (TPSA) is 102 Å². The summed E-state index contributed by atoms with van der Waals surface area (Å²) in [4.78, 5) is 0. The van der Waals surface area contributed by atoms with Crippen LogP contribution in [-0.2, 0) is 91.7 Å². The van der Waals surface area contributed by atoms with Crippen molar-refractivity contribution in [2.24, 2.45) is 0 Å². The molecule has 0 spiro atoms. The average molecular weight is 911 g/mol. The summed E-state index contributed by atoms with van der Waals surface area (Å²) < 4.78 is 73.4. The van der Waals surface area contributed by atoms with E-state index in [0.29, 0.717) is 26.4 Å². The summed E-state index contributed by atoms with van der Waals surface area (Å²) >= 11 is 0. The van der Waals surface area contributed by atoms with Gasteiger partial charge in [0.05, 0.1) is 52.9 Å². The van der Waals surface area contributed by atoms with E-state index in [4.69, 9.17) is 52.1 Å². The van der Waals surface area contributed by atoms with Gasteiger partial charge in [-0.25, -0.2) is 0 Å². The molecule has 2 fully saturated rings. The van der Waals surface area contributed by atoms with Crippen LogP contribution < -0.4 is 0 Å². The Bertz CT molecular complexity index is 2240. The molecule has 352 valence electrons. The molecule has 67 heavy (non-hydrogen) atoms. The zero-order chi connectivity index (χ0) is 45.9. The fourth-order valence-electron chi connectivity index (χ4n) is 8.45. The standard InChI is InChI=1S/C56H62O11/c1-57-55-53(64-38-46-31-19-8-20-32-46)52(63-37-45-29-17-7-18-30-45)50(61-35-43-25-13-5-14-26-43)48(67-55)40-65-54-51(62-36-44-27-15-6-16-28-44)49(60-34-42-23-11-4-12-24-42)47(66-56(54)58-2)39-59-33-41-21-9-3-10-22-41/h3-32,47-56H,33-40H2,1-2H3/t47-,48-,49-,50-,51+,52+,53-,54+,55+,56+/m1/s1. The Morgan fingerprint density at radius 2 is 0.567 bits per heavy atom. The average Bonchev–Trinajstić information content (AvgIpc) is 3.39. The molecule has 6 aromatic rings. The number of benzene rings is 6. The highest BCUT2D eigenvalue weighted by molar-refractivity contribution is 5.18. The highest BCUT2D eigenvalue weighted by atomic mass is 16.7. The predicted molar refractivity (Wildman–Crippen MR) is 252 cm³/mol. The molecule has 0 saturated carbocycles. The Morgan fingerprint density at radius 3 is 0.896 bits per heavy atom. The molecule has 0 bridgehead atoms. The van der Waals surface area contributed by atoms with Crippen LogP contribution >= 0.6 is 0 Å². The second-order valence-electron chi connectivity index (χ2n) is 16.7. The molecule has 8 rings (SSSR count). The Morgan fingerprint density at radius 1 is 0.299 bits per heavy atom. The highest BCUT2D eigenvalue weighted by Gasteiger charge is 2.52. The molecular formula is C56H62O11. The van der Waals surface area contributed by atoms with Crippen molar-refractivity contribution in [3.63, 3.8) is 0 Å². The maximum absolute atomic E-state index is 7.03. The third-order valence-electron chi connectivity index (χ3n) is 11.9. The summed E-state index contributed by atoms with van der Waals surface area (Å²) in [5.41, 5.74) is 6.05. The smallest absolute Gasteiger partial charge is 0.186 e. The molecule has 0 aliphatic carbocycles. The predicted octanol–water partition coefficient (Wildman–Crippen LogP) is 9.26. The molecule has 2 saturated heterocycles. The fraction of sp³-hybridized carbons (Fsp3) is 0.357. The van der Waals surface area contributed by atoms with Crippen LogP contribution in [0.15, 0.2) is 182 Å². The van der Waals surface area contributed by atoms with Gasteiger partial charge in [0.15, 0.2) is 12.6 Å². The van der Waals surface area contributed by atoms with Gasteiger partial charge in [-0.2, -0.15) is 0 Å². The normalized spacial score (nSPS) is 25.2. The molecule has 10 atom stereocenters. The summed E-state index contributed by atoms with van der Waals surface area (Å²) in [6.45, 7) is 2.13. The van der Waals surface area contributed by atoms with E-state index < -0.39 is 61.4 Å². The van der Waals surface area contributed by atoms with Crippen LogP contribution in [0.4, 0.5) is 0 Å². The molecule has 0 N–H and O–H groups in total. The van der Waals surface area contributed by atoms with Gasteiger partial charge < -0.3 is 52.1 Å². The minimum atomic E-state index is -0.875. The maximum atomic E-state index is 7.03. The van der Waals surface area contributed by atoms with Crippen LogP contribution in [0.25, 0.3) is 0 Å². The van der Waals surface area contributed by atoms with Crippen molar-refractivity contribution in [2.75, 3.05) is 27.4 Å². The highest BCUT2D eigenvalue weighted by Crippen LogP contribution is 2.35. The van der Waals surface area contributed by atoms with Crippen molar-refractivity contribution < 1.29 is 52.1 Å². The molecular weight excluding hydrogens is 849 g/mol. The van der Waals surface area contributed by atoms with Crippen LogP contribution in [0.5, 0.6) is 0 Å². The van der Waals surface area contributed by atoms with Crippen molar-refractivity contribution in [2.45, 2.75) is 101 Å². The first-order valence-electron chi connectivity index (χ1n) is 23.0. The summed E-state index contributed by atoms with van der Waals surface area (Å²) in [5, 5.41) is 0. The lowest BCUT2D eigenvalue weighted by Gasteiger charge is -2.48. The molecule has 0 amide bonds. The van der Waals surface area contributed by atoms with E-state index in [1.54, 1.807) is 14.2 Å². The molecule has 2 aliphatic heterocycles. The first-order valence-corrected chi connectivity index (χ1v) is 23.0. The number of hydrogen-bond donors (Lipinski definition) is 0. The molecule has 11 heteroatoms. The Balaban J connectivity index is 1.09. The Labute approximate surface area is 394 Å². The van der Waals surface area contributed by atoms with Gasteiger partial charge in [0.1, 0.15) is 48.8 Å². The van der Waals surface area contributed by atoms with Crippen LogP contribution in [0.2, 0.25) is 0 Å². The van der Waals surface area contributed by atoms with Crippen LogP contribution in [0.3, 0.4) is 0 Å².